The number of amides is 1. The van der Waals surface area contributed by atoms with Crippen LogP contribution in [0.25, 0.3) is 11.8 Å². The van der Waals surface area contributed by atoms with Crippen molar-refractivity contribution in [3.8, 4) is 5.69 Å². The van der Waals surface area contributed by atoms with Gasteiger partial charge in [-0.1, -0.05) is 29.8 Å². The Morgan fingerprint density at radius 2 is 2.00 bits per heavy atom. The number of rotatable bonds is 5. The van der Waals surface area contributed by atoms with E-state index in [1.54, 1.807) is 17.7 Å². The summed E-state index contributed by atoms with van der Waals surface area (Å²) in [4.78, 5) is 23.6. The molecule has 0 unspecified atom stereocenters. The molecule has 7 heteroatoms. The van der Waals surface area contributed by atoms with Crippen LogP contribution in [0.15, 0.2) is 36.4 Å². The molecule has 23 heavy (non-hydrogen) atoms. The largest absolute Gasteiger partial charge is 0.480 e. The van der Waals surface area contributed by atoms with Crippen LogP contribution in [0.3, 0.4) is 0 Å². The Balaban J connectivity index is 2.24. The summed E-state index contributed by atoms with van der Waals surface area (Å²) in [7, 11) is 1.42. The van der Waals surface area contributed by atoms with Crippen molar-refractivity contribution >= 4 is 29.6 Å². The van der Waals surface area contributed by atoms with E-state index in [9.17, 15) is 9.59 Å². The number of para-hydroxylation sites is 1. The van der Waals surface area contributed by atoms with Gasteiger partial charge in [-0.15, -0.1) is 0 Å². The van der Waals surface area contributed by atoms with Crippen LogP contribution in [0, 0.1) is 6.92 Å². The van der Waals surface area contributed by atoms with E-state index in [0.29, 0.717) is 16.4 Å². The van der Waals surface area contributed by atoms with Crippen LogP contribution >= 0.6 is 11.6 Å². The topological polar surface area (TPSA) is 75.4 Å². The third-order valence-corrected chi connectivity index (χ3v) is 3.55. The van der Waals surface area contributed by atoms with Crippen LogP contribution < -0.4 is 0 Å². The van der Waals surface area contributed by atoms with Crippen LogP contribution in [-0.2, 0) is 9.59 Å². The zero-order valence-corrected chi connectivity index (χ0v) is 13.5. The van der Waals surface area contributed by atoms with Crippen molar-refractivity contribution in [2.24, 2.45) is 0 Å². The molecule has 120 valence electrons. The monoisotopic (exact) mass is 333 g/mol. The summed E-state index contributed by atoms with van der Waals surface area (Å²) in [6.45, 7) is 1.43. The Labute approximate surface area is 138 Å². The molecule has 6 nitrogen and oxygen atoms in total. The lowest BCUT2D eigenvalue weighted by Gasteiger charge is -2.11. The number of nitrogens with zero attached hydrogens (tertiary/aromatic N) is 3. The minimum atomic E-state index is -1.07. The minimum Gasteiger partial charge on any atom is -0.480 e. The Hall–Kier alpha value is -2.60. The SMILES string of the molecule is Cc1nn(-c2ccccc2)c(Cl)c1/C=C/C(=O)N(C)CC(=O)O. The summed E-state index contributed by atoms with van der Waals surface area (Å²) >= 11 is 6.34. The number of hydrogen-bond donors (Lipinski definition) is 1. The van der Waals surface area contributed by atoms with Crippen molar-refractivity contribution in [3.63, 3.8) is 0 Å². The fourth-order valence-corrected chi connectivity index (χ4v) is 2.34. The molecule has 0 fully saturated rings. The molecular weight excluding hydrogens is 318 g/mol. The van der Waals surface area contributed by atoms with Gasteiger partial charge in [-0.2, -0.15) is 5.10 Å². The maximum atomic E-state index is 11.9. The number of aromatic nitrogens is 2. The molecule has 0 atom stereocenters. The molecule has 0 spiro atoms. The predicted molar refractivity (Wildman–Crippen MR) is 87.6 cm³/mol. The van der Waals surface area contributed by atoms with Gasteiger partial charge in [0.1, 0.15) is 11.7 Å². The Morgan fingerprint density at radius 3 is 2.61 bits per heavy atom. The van der Waals surface area contributed by atoms with E-state index in [1.165, 1.54) is 13.1 Å². The van der Waals surface area contributed by atoms with E-state index in [-0.39, 0.29) is 6.54 Å². The molecule has 2 rings (SSSR count). The van der Waals surface area contributed by atoms with Gasteiger partial charge < -0.3 is 10.0 Å². The second-order valence-electron chi connectivity index (χ2n) is 4.96. The molecule has 2 aromatic rings. The maximum Gasteiger partial charge on any atom is 0.323 e. The molecule has 0 radical (unpaired) electrons. The Morgan fingerprint density at radius 1 is 1.35 bits per heavy atom. The summed E-state index contributed by atoms with van der Waals surface area (Å²) in [5.74, 6) is -1.49. The highest BCUT2D eigenvalue weighted by Crippen LogP contribution is 2.24. The van der Waals surface area contributed by atoms with E-state index >= 15 is 0 Å². The van der Waals surface area contributed by atoms with Crippen LogP contribution in [0.2, 0.25) is 5.15 Å². The third-order valence-electron chi connectivity index (χ3n) is 3.19. The standard InChI is InChI=1S/C16H16ClN3O3/c1-11-13(8-9-14(21)19(2)10-15(22)23)16(17)20(18-11)12-6-4-3-5-7-12/h3-9H,10H2,1-2H3,(H,22,23)/b9-8+. The Bertz CT molecular complexity index is 753. The minimum absolute atomic E-state index is 0.362. The van der Waals surface area contributed by atoms with Gasteiger partial charge >= 0.3 is 5.97 Å². The van der Waals surface area contributed by atoms with Crippen LogP contribution in [0.4, 0.5) is 0 Å². The van der Waals surface area contributed by atoms with E-state index < -0.39 is 11.9 Å². The van der Waals surface area contributed by atoms with Crippen molar-refractivity contribution in [2.75, 3.05) is 13.6 Å². The lowest BCUT2D eigenvalue weighted by atomic mass is 10.2. The number of benzene rings is 1. The van der Waals surface area contributed by atoms with Crippen LogP contribution in [0.1, 0.15) is 11.3 Å². The lowest BCUT2D eigenvalue weighted by molar-refractivity contribution is -0.141. The maximum absolute atomic E-state index is 11.9. The fourth-order valence-electron chi connectivity index (χ4n) is 2.00. The molecule has 1 aromatic carbocycles. The summed E-state index contributed by atoms with van der Waals surface area (Å²) in [5, 5.41) is 13.4. The highest BCUT2D eigenvalue weighted by atomic mass is 35.5. The molecule has 0 saturated carbocycles. The Kier molecular flexibility index (Phi) is 5.18. The summed E-state index contributed by atoms with van der Waals surface area (Å²) < 4.78 is 1.59. The number of carbonyl (C=O) groups excluding carboxylic acids is 1. The number of likely N-dealkylation sites (N-methyl/N-ethyl adjacent to an activating group) is 1. The second kappa shape index (κ2) is 7.11. The summed E-state index contributed by atoms with van der Waals surface area (Å²) in [5.41, 5.74) is 2.10. The predicted octanol–water partition coefficient (Wildman–Crippen LogP) is 2.39. The molecule has 0 bridgehead atoms. The number of aliphatic carboxylic acids is 1. The number of carbonyl (C=O) groups is 2. The van der Waals surface area contributed by atoms with Gasteiger partial charge in [0.05, 0.1) is 11.4 Å². The lowest BCUT2D eigenvalue weighted by Crippen LogP contribution is -2.30. The van der Waals surface area contributed by atoms with E-state index in [2.05, 4.69) is 5.10 Å². The molecule has 1 aromatic heterocycles. The molecule has 1 heterocycles. The van der Waals surface area contributed by atoms with Crippen molar-refractivity contribution in [1.29, 1.82) is 0 Å². The van der Waals surface area contributed by atoms with Crippen molar-refractivity contribution in [3.05, 3.63) is 52.8 Å². The third kappa shape index (κ3) is 3.98. The first kappa shape index (κ1) is 16.8. The number of carboxylic acids is 1. The van der Waals surface area contributed by atoms with Crippen LogP contribution in [-0.4, -0.2) is 45.3 Å². The van der Waals surface area contributed by atoms with Gasteiger partial charge in [0.15, 0.2) is 0 Å². The number of aryl methyl sites for hydroxylation is 1. The zero-order valence-electron chi connectivity index (χ0n) is 12.7. The molecular formula is C16H16ClN3O3. The first-order chi connectivity index (χ1) is 10.9. The van der Waals surface area contributed by atoms with Gasteiger partial charge in [0.2, 0.25) is 5.91 Å². The summed E-state index contributed by atoms with van der Waals surface area (Å²) in [6.07, 6.45) is 2.83. The van der Waals surface area contributed by atoms with E-state index in [4.69, 9.17) is 16.7 Å². The van der Waals surface area contributed by atoms with Crippen molar-refractivity contribution in [2.45, 2.75) is 6.92 Å². The highest BCUT2D eigenvalue weighted by molar-refractivity contribution is 6.31. The van der Waals surface area contributed by atoms with Gasteiger partial charge in [-0.25, -0.2) is 4.68 Å². The van der Waals surface area contributed by atoms with E-state index in [0.717, 1.165) is 10.6 Å². The van der Waals surface area contributed by atoms with Gasteiger partial charge in [-0.05, 0) is 25.1 Å². The van der Waals surface area contributed by atoms with E-state index in [1.807, 2.05) is 30.3 Å². The molecule has 1 amide bonds. The number of carboxylic acid groups (broad SMARTS) is 1. The average Bonchev–Trinajstić information content (AvgIpc) is 2.80. The summed E-state index contributed by atoms with van der Waals surface area (Å²) in [6, 6.07) is 9.39. The van der Waals surface area contributed by atoms with Gasteiger partial charge in [0.25, 0.3) is 0 Å². The fraction of sp³-hybridized carbons (Fsp3) is 0.188. The molecule has 1 N–H and O–H groups in total. The average molecular weight is 334 g/mol. The van der Waals surface area contributed by atoms with Gasteiger partial charge in [-0.3, -0.25) is 9.59 Å². The molecule has 0 aliphatic heterocycles. The van der Waals surface area contributed by atoms with Gasteiger partial charge in [0, 0.05) is 18.7 Å². The first-order valence-electron chi connectivity index (χ1n) is 6.85. The quantitative estimate of drug-likeness (QED) is 0.852. The zero-order chi connectivity index (χ0) is 17.0. The first-order valence-corrected chi connectivity index (χ1v) is 7.23. The number of halogens is 1. The highest BCUT2D eigenvalue weighted by Gasteiger charge is 2.14. The molecule has 0 aliphatic rings. The molecule has 0 saturated heterocycles. The smallest absolute Gasteiger partial charge is 0.323 e. The number of hydrogen-bond acceptors (Lipinski definition) is 3. The molecule has 0 aliphatic carbocycles. The van der Waals surface area contributed by atoms with Crippen LogP contribution in [0.5, 0.6) is 0 Å². The van der Waals surface area contributed by atoms with Crippen molar-refractivity contribution < 1.29 is 14.7 Å². The normalized spacial score (nSPS) is 10.9. The van der Waals surface area contributed by atoms with Crippen molar-refractivity contribution in [1.82, 2.24) is 14.7 Å². The second-order valence-corrected chi connectivity index (χ2v) is 5.32.